The summed E-state index contributed by atoms with van der Waals surface area (Å²) in [5.74, 6) is 0.612. The molecule has 0 bridgehead atoms. The van der Waals surface area contributed by atoms with Gasteiger partial charge in [0.25, 0.3) is 0 Å². The Balaban J connectivity index is 2.39. The second-order valence-corrected chi connectivity index (χ2v) is 3.12. The molecule has 0 aliphatic carbocycles. The fourth-order valence-corrected chi connectivity index (χ4v) is 1.05. The number of ether oxygens (including phenoxy) is 1. The highest BCUT2D eigenvalue weighted by Crippen LogP contribution is 2.06. The summed E-state index contributed by atoms with van der Waals surface area (Å²) >= 11 is 5.46. The largest absolute Gasteiger partial charge is 0.463 e. The van der Waals surface area contributed by atoms with E-state index in [1.54, 1.807) is 0 Å². The molecule has 0 spiro atoms. The molecule has 15 heavy (non-hydrogen) atoms. The molecule has 6 nitrogen and oxygen atoms in total. The molecule has 1 aromatic heterocycles. The number of alkyl halides is 1. The molecule has 0 saturated carbocycles. The lowest BCUT2D eigenvalue weighted by molar-refractivity contribution is -0.116. The van der Waals surface area contributed by atoms with Crippen molar-refractivity contribution in [3.05, 3.63) is 0 Å². The van der Waals surface area contributed by atoms with Crippen molar-refractivity contribution < 1.29 is 9.53 Å². The summed E-state index contributed by atoms with van der Waals surface area (Å²) in [6.07, 6.45) is 1.01. The molecular weight excluding hydrogens is 220 g/mol. The summed E-state index contributed by atoms with van der Waals surface area (Å²) in [4.78, 5) is 15.1. The number of amides is 1. The average Bonchev–Trinajstić information content (AvgIpc) is 2.63. The maximum absolute atomic E-state index is 11.2. The standard InChI is InChI=1S/C8H13ClN4O2/c1-2-15-8-11-7(12-13-8)10-6(14)4-3-5-9/h2-5H2,1H3,(H2,10,11,12,13,14). The van der Waals surface area contributed by atoms with Crippen molar-refractivity contribution in [2.45, 2.75) is 19.8 Å². The second-order valence-electron chi connectivity index (χ2n) is 2.74. The number of carbonyl (C=O) groups is 1. The fourth-order valence-electron chi connectivity index (χ4n) is 0.918. The first kappa shape index (κ1) is 11.8. The van der Waals surface area contributed by atoms with Crippen LogP contribution in [0.2, 0.25) is 0 Å². The van der Waals surface area contributed by atoms with Crippen LogP contribution >= 0.6 is 11.6 Å². The van der Waals surface area contributed by atoms with E-state index in [-0.39, 0.29) is 17.9 Å². The molecule has 0 atom stereocenters. The van der Waals surface area contributed by atoms with Gasteiger partial charge in [-0.2, -0.15) is 4.98 Å². The molecule has 0 aliphatic rings. The maximum Gasteiger partial charge on any atom is 0.337 e. The van der Waals surface area contributed by atoms with Gasteiger partial charge in [0.05, 0.1) is 6.61 Å². The summed E-state index contributed by atoms with van der Waals surface area (Å²) in [6.45, 7) is 2.31. The predicted molar refractivity (Wildman–Crippen MR) is 56.1 cm³/mol. The van der Waals surface area contributed by atoms with Gasteiger partial charge in [0.2, 0.25) is 11.9 Å². The third-order valence-electron chi connectivity index (χ3n) is 1.53. The average molecular weight is 233 g/mol. The number of aromatic nitrogens is 3. The number of hydrogen-bond acceptors (Lipinski definition) is 4. The highest BCUT2D eigenvalue weighted by atomic mass is 35.5. The lowest BCUT2D eigenvalue weighted by Crippen LogP contribution is -2.12. The Labute approximate surface area is 92.4 Å². The van der Waals surface area contributed by atoms with Crippen molar-refractivity contribution in [2.24, 2.45) is 0 Å². The smallest absolute Gasteiger partial charge is 0.337 e. The summed E-state index contributed by atoms with van der Waals surface area (Å²) in [5.41, 5.74) is 0. The first-order chi connectivity index (χ1) is 7.26. The van der Waals surface area contributed by atoms with Crippen LogP contribution in [-0.4, -0.2) is 33.6 Å². The van der Waals surface area contributed by atoms with E-state index < -0.39 is 0 Å². The van der Waals surface area contributed by atoms with Crippen LogP contribution in [0.5, 0.6) is 6.01 Å². The number of anilines is 1. The molecule has 0 unspecified atom stereocenters. The number of rotatable bonds is 6. The number of nitrogens with zero attached hydrogens (tertiary/aromatic N) is 2. The molecule has 1 rings (SSSR count). The number of nitrogens with one attached hydrogen (secondary N) is 2. The first-order valence-corrected chi connectivity index (χ1v) is 5.20. The molecule has 1 aromatic rings. The molecule has 0 saturated heterocycles. The minimum atomic E-state index is -0.144. The zero-order valence-electron chi connectivity index (χ0n) is 8.42. The van der Waals surface area contributed by atoms with Gasteiger partial charge in [-0.25, -0.2) is 5.10 Å². The topological polar surface area (TPSA) is 79.9 Å². The van der Waals surface area contributed by atoms with Crippen molar-refractivity contribution in [1.82, 2.24) is 15.2 Å². The fraction of sp³-hybridized carbons (Fsp3) is 0.625. The summed E-state index contributed by atoms with van der Waals surface area (Å²) in [6, 6.07) is 0.227. The zero-order valence-corrected chi connectivity index (χ0v) is 9.17. The van der Waals surface area contributed by atoms with E-state index in [1.807, 2.05) is 6.92 Å². The number of halogens is 1. The lowest BCUT2D eigenvalue weighted by Gasteiger charge is -1.98. The second kappa shape index (κ2) is 6.23. The summed E-state index contributed by atoms with van der Waals surface area (Å²) < 4.78 is 5.02. The van der Waals surface area contributed by atoms with Gasteiger partial charge in [-0.1, -0.05) is 0 Å². The van der Waals surface area contributed by atoms with Gasteiger partial charge in [-0.05, 0) is 13.3 Å². The normalized spacial score (nSPS) is 10.0. The van der Waals surface area contributed by atoms with E-state index in [1.165, 1.54) is 0 Å². The Bertz CT molecular complexity index is 315. The van der Waals surface area contributed by atoms with Gasteiger partial charge in [0.15, 0.2) is 0 Å². The van der Waals surface area contributed by atoms with Crippen LogP contribution < -0.4 is 10.1 Å². The Kier molecular flexibility index (Phi) is 4.89. The quantitative estimate of drug-likeness (QED) is 0.722. The maximum atomic E-state index is 11.2. The van der Waals surface area contributed by atoms with E-state index >= 15 is 0 Å². The molecule has 0 aliphatic heterocycles. The Hall–Kier alpha value is -1.30. The molecule has 0 fully saturated rings. The van der Waals surface area contributed by atoms with Gasteiger partial charge in [0, 0.05) is 12.3 Å². The zero-order chi connectivity index (χ0) is 11.1. The highest BCUT2D eigenvalue weighted by Gasteiger charge is 2.06. The van der Waals surface area contributed by atoms with Crippen molar-refractivity contribution in [3.8, 4) is 6.01 Å². The predicted octanol–water partition coefficient (Wildman–Crippen LogP) is 1.16. The van der Waals surface area contributed by atoms with Crippen LogP contribution in [0.4, 0.5) is 5.95 Å². The van der Waals surface area contributed by atoms with Crippen LogP contribution in [0.3, 0.4) is 0 Å². The minimum absolute atomic E-state index is 0.144. The monoisotopic (exact) mass is 232 g/mol. The van der Waals surface area contributed by atoms with E-state index in [2.05, 4.69) is 20.5 Å². The number of aromatic amines is 1. The molecule has 7 heteroatoms. The van der Waals surface area contributed by atoms with Crippen LogP contribution in [0.1, 0.15) is 19.8 Å². The van der Waals surface area contributed by atoms with Crippen molar-refractivity contribution in [2.75, 3.05) is 17.8 Å². The van der Waals surface area contributed by atoms with Gasteiger partial charge in [-0.3, -0.25) is 10.1 Å². The molecular formula is C8H13ClN4O2. The van der Waals surface area contributed by atoms with Crippen molar-refractivity contribution >= 4 is 23.5 Å². The number of hydrogen-bond donors (Lipinski definition) is 2. The first-order valence-electron chi connectivity index (χ1n) is 4.67. The molecule has 1 heterocycles. The van der Waals surface area contributed by atoms with Crippen molar-refractivity contribution in [1.29, 1.82) is 0 Å². The summed E-state index contributed by atoms with van der Waals surface area (Å²) in [5, 5.41) is 8.84. The molecule has 84 valence electrons. The Morgan fingerprint density at radius 2 is 2.47 bits per heavy atom. The van der Waals surface area contributed by atoms with E-state index in [0.29, 0.717) is 25.3 Å². The molecule has 2 N–H and O–H groups in total. The Morgan fingerprint density at radius 3 is 3.13 bits per heavy atom. The van der Waals surface area contributed by atoms with Gasteiger partial charge in [0.1, 0.15) is 0 Å². The van der Waals surface area contributed by atoms with E-state index in [0.717, 1.165) is 0 Å². The van der Waals surface area contributed by atoms with Crippen LogP contribution in [0.25, 0.3) is 0 Å². The van der Waals surface area contributed by atoms with E-state index in [4.69, 9.17) is 16.3 Å². The van der Waals surface area contributed by atoms with Gasteiger partial charge < -0.3 is 4.74 Å². The van der Waals surface area contributed by atoms with Crippen LogP contribution in [0.15, 0.2) is 0 Å². The highest BCUT2D eigenvalue weighted by molar-refractivity contribution is 6.18. The van der Waals surface area contributed by atoms with Gasteiger partial charge in [-0.15, -0.1) is 16.7 Å². The number of H-pyrrole nitrogens is 1. The molecule has 0 aromatic carbocycles. The van der Waals surface area contributed by atoms with E-state index in [9.17, 15) is 4.79 Å². The van der Waals surface area contributed by atoms with Crippen LogP contribution in [-0.2, 0) is 4.79 Å². The van der Waals surface area contributed by atoms with Crippen LogP contribution in [0, 0.1) is 0 Å². The van der Waals surface area contributed by atoms with Crippen molar-refractivity contribution in [3.63, 3.8) is 0 Å². The third kappa shape index (κ3) is 4.16. The summed E-state index contributed by atoms with van der Waals surface area (Å²) in [7, 11) is 0. The molecule has 0 radical (unpaired) electrons. The third-order valence-corrected chi connectivity index (χ3v) is 1.80. The minimum Gasteiger partial charge on any atom is -0.463 e. The SMILES string of the molecule is CCOc1n[nH]c(NC(=O)CCCCl)n1. The Morgan fingerprint density at radius 1 is 1.67 bits per heavy atom. The lowest BCUT2D eigenvalue weighted by atomic mass is 10.3. The molecule has 1 amide bonds. The number of carbonyl (C=O) groups excluding carboxylic acids is 1. The van der Waals surface area contributed by atoms with Gasteiger partial charge >= 0.3 is 6.01 Å².